The molecule has 2 atom stereocenters. The minimum absolute atomic E-state index is 0.0702. The zero-order valence-corrected chi connectivity index (χ0v) is 21.4. The van der Waals surface area contributed by atoms with Crippen molar-refractivity contribution in [3.05, 3.63) is 107 Å². The predicted octanol–water partition coefficient (Wildman–Crippen LogP) is 6.46. The standard InChI is InChI=1S/C30H31FN4S/c1-19(35-17-22-6-8-25(31)11-24(22)18-35)15-32-28-14-30(3,13-23-12-26(23)28)34-20(2)21-7-9-27(33-16-21)29-5-4-10-36-29/h4-11,16,23,32,34H,1-2,12-15,17-18H2,3H3. The lowest BCUT2D eigenvalue weighted by Gasteiger charge is -2.37. The molecule has 0 spiro atoms. The fourth-order valence-electron chi connectivity index (χ4n) is 5.65. The minimum atomic E-state index is -0.170. The van der Waals surface area contributed by atoms with Gasteiger partial charge in [0.05, 0.1) is 17.1 Å². The second-order valence-corrected chi connectivity index (χ2v) is 11.5. The molecule has 6 rings (SSSR count). The minimum Gasteiger partial charge on any atom is -0.383 e. The lowest BCUT2D eigenvalue weighted by molar-refractivity contribution is 0.332. The third-order valence-corrected chi connectivity index (χ3v) is 8.52. The van der Waals surface area contributed by atoms with E-state index in [1.165, 1.54) is 22.6 Å². The summed E-state index contributed by atoms with van der Waals surface area (Å²) >= 11 is 1.70. The number of fused-ring (bicyclic) bond motifs is 2. The number of pyridine rings is 1. The highest BCUT2D eigenvalue weighted by atomic mass is 32.1. The van der Waals surface area contributed by atoms with E-state index in [4.69, 9.17) is 0 Å². The number of benzene rings is 1. The first-order chi connectivity index (χ1) is 17.4. The van der Waals surface area contributed by atoms with Crippen molar-refractivity contribution in [2.75, 3.05) is 6.54 Å². The van der Waals surface area contributed by atoms with E-state index in [0.29, 0.717) is 12.5 Å². The maximum Gasteiger partial charge on any atom is 0.123 e. The summed E-state index contributed by atoms with van der Waals surface area (Å²) in [6.07, 6.45) is 5.13. The highest BCUT2D eigenvalue weighted by Crippen LogP contribution is 2.51. The first-order valence-corrected chi connectivity index (χ1v) is 13.4. The van der Waals surface area contributed by atoms with E-state index in [2.05, 4.69) is 64.2 Å². The normalized spacial score (nSPS) is 22.2. The van der Waals surface area contributed by atoms with Crippen LogP contribution in [0.15, 0.2) is 84.2 Å². The van der Waals surface area contributed by atoms with Crippen LogP contribution in [0.25, 0.3) is 16.3 Å². The molecular formula is C30H31FN4S. The van der Waals surface area contributed by atoms with E-state index in [0.717, 1.165) is 54.1 Å². The quantitative estimate of drug-likeness (QED) is 0.374. The van der Waals surface area contributed by atoms with Crippen LogP contribution in [0, 0.1) is 11.7 Å². The van der Waals surface area contributed by atoms with Crippen molar-refractivity contribution < 1.29 is 4.39 Å². The van der Waals surface area contributed by atoms with Gasteiger partial charge in [-0.15, -0.1) is 11.3 Å². The third-order valence-electron chi connectivity index (χ3n) is 7.63. The third kappa shape index (κ3) is 4.58. The van der Waals surface area contributed by atoms with Gasteiger partial charge in [-0.25, -0.2) is 4.39 Å². The molecule has 1 aliphatic heterocycles. The molecule has 3 aromatic rings. The van der Waals surface area contributed by atoms with E-state index in [1.807, 2.05) is 18.3 Å². The van der Waals surface area contributed by atoms with Crippen LogP contribution in [0.5, 0.6) is 0 Å². The Kier molecular flexibility index (Phi) is 5.72. The van der Waals surface area contributed by atoms with Crippen molar-refractivity contribution in [3.8, 4) is 10.6 Å². The van der Waals surface area contributed by atoms with Crippen LogP contribution in [0.4, 0.5) is 4.39 Å². The molecule has 2 aliphatic carbocycles. The average molecular weight is 499 g/mol. The van der Waals surface area contributed by atoms with Crippen LogP contribution >= 0.6 is 11.3 Å². The number of aromatic nitrogens is 1. The number of thiophene rings is 1. The first kappa shape index (κ1) is 23.0. The number of hydrogen-bond donors (Lipinski definition) is 2. The van der Waals surface area contributed by atoms with Gasteiger partial charge in [0.2, 0.25) is 0 Å². The summed E-state index contributed by atoms with van der Waals surface area (Å²) in [5.74, 6) is 0.467. The van der Waals surface area contributed by atoms with Gasteiger partial charge in [-0.05, 0) is 78.1 Å². The second kappa shape index (κ2) is 8.93. The molecule has 1 aromatic carbocycles. The van der Waals surface area contributed by atoms with Gasteiger partial charge in [-0.3, -0.25) is 4.98 Å². The number of nitrogens with zero attached hydrogens (tertiary/aromatic N) is 2. The Morgan fingerprint density at radius 3 is 2.83 bits per heavy atom. The van der Waals surface area contributed by atoms with Crippen LogP contribution in [-0.2, 0) is 13.1 Å². The molecule has 184 valence electrons. The molecular weight excluding hydrogens is 467 g/mol. The molecule has 0 saturated heterocycles. The summed E-state index contributed by atoms with van der Waals surface area (Å²) in [7, 11) is 0. The van der Waals surface area contributed by atoms with Gasteiger partial charge >= 0.3 is 0 Å². The maximum atomic E-state index is 13.6. The Balaban J connectivity index is 1.06. The zero-order valence-electron chi connectivity index (χ0n) is 20.6. The first-order valence-electron chi connectivity index (χ1n) is 12.5. The molecule has 4 nitrogen and oxygen atoms in total. The van der Waals surface area contributed by atoms with Crippen molar-refractivity contribution >= 4 is 17.0 Å². The average Bonchev–Trinajstić information content (AvgIpc) is 3.25. The summed E-state index contributed by atoms with van der Waals surface area (Å²) in [5.41, 5.74) is 9.05. The molecule has 3 aliphatic rings. The van der Waals surface area contributed by atoms with E-state index < -0.39 is 0 Å². The number of halogens is 1. The topological polar surface area (TPSA) is 40.2 Å². The van der Waals surface area contributed by atoms with Gasteiger partial charge < -0.3 is 15.5 Å². The summed E-state index contributed by atoms with van der Waals surface area (Å²) in [6.45, 7) is 13.2. The summed E-state index contributed by atoms with van der Waals surface area (Å²) in [4.78, 5) is 8.07. The molecule has 0 radical (unpaired) electrons. The van der Waals surface area contributed by atoms with Crippen LogP contribution in [0.2, 0.25) is 0 Å². The molecule has 0 bridgehead atoms. The van der Waals surface area contributed by atoms with E-state index in [1.54, 1.807) is 29.0 Å². The molecule has 6 heteroatoms. The Morgan fingerprint density at radius 2 is 2.06 bits per heavy atom. The van der Waals surface area contributed by atoms with Crippen molar-refractivity contribution in [2.45, 2.75) is 44.8 Å². The summed E-state index contributed by atoms with van der Waals surface area (Å²) < 4.78 is 13.6. The molecule has 3 heterocycles. The lowest BCUT2D eigenvalue weighted by atomic mass is 9.85. The predicted molar refractivity (Wildman–Crippen MR) is 145 cm³/mol. The van der Waals surface area contributed by atoms with Crippen molar-refractivity contribution in [1.82, 2.24) is 20.5 Å². The Morgan fingerprint density at radius 1 is 1.19 bits per heavy atom. The number of rotatable bonds is 8. The molecule has 2 N–H and O–H groups in total. The SMILES string of the molecule is C=C(NC1(C)CC(NCC(=C)N2Cc3ccc(F)cc3C2)=C2CC2C1)c1ccc(-c2cccs2)nc1. The van der Waals surface area contributed by atoms with Crippen LogP contribution < -0.4 is 10.6 Å². The molecule has 2 aromatic heterocycles. The Hall–Kier alpha value is -3.38. The Bertz CT molecular complexity index is 1360. The maximum absolute atomic E-state index is 13.6. The summed E-state index contributed by atoms with van der Waals surface area (Å²) in [6, 6.07) is 13.4. The zero-order chi connectivity index (χ0) is 24.9. The molecule has 0 amide bonds. The number of nitrogens with one attached hydrogen (secondary N) is 2. The number of hydrogen-bond acceptors (Lipinski definition) is 5. The smallest absolute Gasteiger partial charge is 0.123 e. The van der Waals surface area contributed by atoms with Gasteiger partial charge in [0.1, 0.15) is 5.82 Å². The van der Waals surface area contributed by atoms with Crippen molar-refractivity contribution in [2.24, 2.45) is 5.92 Å². The van der Waals surface area contributed by atoms with Gasteiger partial charge in [-0.2, -0.15) is 0 Å². The summed E-state index contributed by atoms with van der Waals surface area (Å²) in [5, 5.41) is 9.51. The van der Waals surface area contributed by atoms with Gasteiger partial charge in [0.25, 0.3) is 0 Å². The van der Waals surface area contributed by atoms with Crippen molar-refractivity contribution in [1.29, 1.82) is 0 Å². The van der Waals surface area contributed by atoms with Gasteiger partial charge in [-0.1, -0.05) is 25.3 Å². The van der Waals surface area contributed by atoms with E-state index in [9.17, 15) is 4.39 Å². The number of allylic oxidation sites excluding steroid dienone is 1. The Labute approximate surface area is 216 Å². The lowest BCUT2D eigenvalue weighted by Crippen LogP contribution is -2.45. The highest BCUT2D eigenvalue weighted by Gasteiger charge is 2.45. The van der Waals surface area contributed by atoms with Crippen LogP contribution in [0.1, 0.15) is 42.9 Å². The fraction of sp³-hybridized carbons (Fsp3) is 0.300. The van der Waals surface area contributed by atoms with Crippen molar-refractivity contribution in [3.63, 3.8) is 0 Å². The highest BCUT2D eigenvalue weighted by molar-refractivity contribution is 7.13. The largest absolute Gasteiger partial charge is 0.383 e. The van der Waals surface area contributed by atoms with Crippen LogP contribution in [0.3, 0.4) is 0 Å². The van der Waals surface area contributed by atoms with E-state index in [-0.39, 0.29) is 11.4 Å². The van der Waals surface area contributed by atoms with Gasteiger partial charge in [0, 0.05) is 53.9 Å². The fourth-order valence-corrected chi connectivity index (χ4v) is 6.35. The van der Waals surface area contributed by atoms with Gasteiger partial charge in [0.15, 0.2) is 0 Å². The monoisotopic (exact) mass is 498 g/mol. The molecule has 2 unspecified atom stereocenters. The molecule has 1 fully saturated rings. The molecule has 1 saturated carbocycles. The molecule has 36 heavy (non-hydrogen) atoms. The van der Waals surface area contributed by atoms with Crippen LogP contribution in [-0.4, -0.2) is 22.0 Å². The second-order valence-electron chi connectivity index (χ2n) is 10.5. The van der Waals surface area contributed by atoms with E-state index >= 15 is 0 Å².